The number of nitrogens with one attached hydrogen (secondary N) is 1. The highest BCUT2D eigenvalue weighted by Crippen LogP contribution is 2.03. The van der Waals surface area contributed by atoms with Crippen molar-refractivity contribution in [2.45, 2.75) is 12.8 Å². The molecule has 0 aliphatic carbocycles. The van der Waals surface area contributed by atoms with E-state index in [0.29, 0.717) is 12.1 Å². The average molecular weight is 238 g/mol. The molecular weight excluding hydrogens is 219 g/mol. The minimum absolute atomic E-state index is 0.0608. The Hall–Kier alpha value is -1.42. The van der Waals surface area contributed by atoms with E-state index in [9.17, 15) is 9.18 Å². The maximum Gasteiger partial charge on any atom is 0.224 e. The largest absolute Gasteiger partial charge is 0.356 e. The molecule has 17 heavy (non-hydrogen) atoms. The zero-order valence-corrected chi connectivity index (χ0v) is 10.4. The molecular formula is C13H19FN2O. The van der Waals surface area contributed by atoms with Gasteiger partial charge in [-0.3, -0.25) is 4.79 Å². The Morgan fingerprint density at radius 1 is 1.41 bits per heavy atom. The Labute approximate surface area is 102 Å². The molecule has 3 nitrogen and oxygen atoms in total. The molecule has 0 bridgehead atoms. The van der Waals surface area contributed by atoms with Crippen LogP contribution < -0.4 is 5.32 Å². The highest BCUT2D eigenvalue weighted by atomic mass is 19.1. The van der Waals surface area contributed by atoms with E-state index in [-0.39, 0.29) is 18.1 Å². The van der Waals surface area contributed by atoms with Gasteiger partial charge in [-0.1, -0.05) is 12.1 Å². The fourth-order valence-corrected chi connectivity index (χ4v) is 1.52. The molecule has 94 valence electrons. The Bertz CT molecular complexity index is 366. The molecule has 0 radical (unpaired) electrons. The van der Waals surface area contributed by atoms with Gasteiger partial charge in [0.25, 0.3) is 0 Å². The zero-order chi connectivity index (χ0) is 12.7. The van der Waals surface area contributed by atoms with Crippen molar-refractivity contribution >= 4 is 5.91 Å². The average Bonchev–Trinajstić information content (AvgIpc) is 2.24. The van der Waals surface area contributed by atoms with Crippen LogP contribution in [-0.4, -0.2) is 38.0 Å². The van der Waals surface area contributed by atoms with Crippen LogP contribution >= 0.6 is 0 Å². The number of halogens is 1. The number of amides is 1. The van der Waals surface area contributed by atoms with Gasteiger partial charge in [0, 0.05) is 6.54 Å². The van der Waals surface area contributed by atoms with Gasteiger partial charge in [-0.05, 0) is 44.8 Å². The predicted molar refractivity (Wildman–Crippen MR) is 66.3 cm³/mol. The van der Waals surface area contributed by atoms with Crippen LogP contribution in [0.1, 0.15) is 12.0 Å². The third-order valence-electron chi connectivity index (χ3n) is 2.36. The molecule has 1 amide bonds. The second-order valence-corrected chi connectivity index (χ2v) is 4.31. The number of benzene rings is 1. The van der Waals surface area contributed by atoms with E-state index in [4.69, 9.17) is 0 Å². The van der Waals surface area contributed by atoms with Crippen molar-refractivity contribution in [3.63, 3.8) is 0 Å². The SMILES string of the molecule is CN(C)CCCNC(=O)Cc1cccc(F)c1. The zero-order valence-electron chi connectivity index (χ0n) is 10.4. The van der Waals surface area contributed by atoms with Crippen molar-refractivity contribution in [2.75, 3.05) is 27.2 Å². The third kappa shape index (κ3) is 6.02. The molecule has 0 saturated carbocycles. The Morgan fingerprint density at radius 3 is 2.82 bits per heavy atom. The summed E-state index contributed by atoms with van der Waals surface area (Å²) in [6.07, 6.45) is 1.15. The monoisotopic (exact) mass is 238 g/mol. The van der Waals surface area contributed by atoms with Crippen LogP contribution in [0.2, 0.25) is 0 Å². The van der Waals surface area contributed by atoms with Gasteiger partial charge in [-0.2, -0.15) is 0 Å². The first-order chi connectivity index (χ1) is 8.08. The van der Waals surface area contributed by atoms with Crippen LogP contribution in [-0.2, 0) is 11.2 Å². The lowest BCUT2D eigenvalue weighted by molar-refractivity contribution is -0.120. The number of hydrogen-bond donors (Lipinski definition) is 1. The third-order valence-corrected chi connectivity index (χ3v) is 2.36. The first-order valence-corrected chi connectivity index (χ1v) is 5.74. The second-order valence-electron chi connectivity index (χ2n) is 4.31. The number of carbonyl (C=O) groups excluding carboxylic acids is 1. The summed E-state index contributed by atoms with van der Waals surface area (Å²) in [6.45, 7) is 1.60. The van der Waals surface area contributed by atoms with Gasteiger partial charge in [0.15, 0.2) is 0 Å². The number of rotatable bonds is 6. The normalized spacial score (nSPS) is 10.6. The van der Waals surface area contributed by atoms with E-state index >= 15 is 0 Å². The van der Waals surface area contributed by atoms with E-state index in [1.807, 2.05) is 14.1 Å². The molecule has 1 aromatic rings. The van der Waals surface area contributed by atoms with Crippen LogP contribution in [0.5, 0.6) is 0 Å². The van der Waals surface area contributed by atoms with Gasteiger partial charge < -0.3 is 10.2 Å². The van der Waals surface area contributed by atoms with E-state index in [1.54, 1.807) is 12.1 Å². The highest BCUT2D eigenvalue weighted by molar-refractivity contribution is 5.78. The molecule has 1 aromatic carbocycles. The number of hydrogen-bond acceptors (Lipinski definition) is 2. The van der Waals surface area contributed by atoms with Crippen molar-refractivity contribution in [3.8, 4) is 0 Å². The lowest BCUT2D eigenvalue weighted by Crippen LogP contribution is -2.28. The molecule has 1 N–H and O–H groups in total. The number of nitrogens with zero attached hydrogens (tertiary/aromatic N) is 1. The van der Waals surface area contributed by atoms with E-state index < -0.39 is 0 Å². The van der Waals surface area contributed by atoms with Crippen molar-refractivity contribution < 1.29 is 9.18 Å². The molecule has 0 saturated heterocycles. The highest BCUT2D eigenvalue weighted by Gasteiger charge is 2.03. The first kappa shape index (κ1) is 13.6. The van der Waals surface area contributed by atoms with Gasteiger partial charge >= 0.3 is 0 Å². The molecule has 0 aliphatic heterocycles. The van der Waals surface area contributed by atoms with Crippen molar-refractivity contribution in [2.24, 2.45) is 0 Å². The summed E-state index contributed by atoms with van der Waals surface area (Å²) in [4.78, 5) is 13.6. The topological polar surface area (TPSA) is 32.3 Å². The second kappa shape index (κ2) is 7.01. The fraction of sp³-hybridized carbons (Fsp3) is 0.462. The molecule has 0 spiro atoms. The smallest absolute Gasteiger partial charge is 0.224 e. The maximum atomic E-state index is 12.9. The quantitative estimate of drug-likeness (QED) is 0.761. The molecule has 0 fully saturated rings. The van der Waals surface area contributed by atoms with Crippen molar-refractivity contribution in [1.29, 1.82) is 0 Å². The van der Waals surface area contributed by atoms with Crippen LogP contribution in [0.25, 0.3) is 0 Å². The molecule has 4 heteroatoms. The van der Waals surface area contributed by atoms with Crippen LogP contribution in [0.15, 0.2) is 24.3 Å². The Morgan fingerprint density at radius 2 is 2.18 bits per heavy atom. The summed E-state index contributed by atoms with van der Waals surface area (Å²) in [5, 5.41) is 2.82. The summed E-state index contributed by atoms with van der Waals surface area (Å²) >= 11 is 0. The number of carbonyl (C=O) groups is 1. The van der Waals surface area contributed by atoms with Gasteiger partial charge in [-0.25, -0.2) is 4.39 Å². The summed E-state index contributed by atoms with van der Waals surface area (Å²) in [7, 11) is 3.99. The van der Waals surface area contributed by atoms with Gasteiger partial charge in [-0.15, -0.1) is 0 Å². The van der Waals surface area contributed by atoms with Gasteiger partial charge in [0.1, 0.15) is 5.82 Å². The van der Waals surface area contributed by atoms with Gasteiger partial charge in [0.05, 0.1) is 6.42 Å². The Balaban J connectivity index is 2.25. The molecule has 0 atom stereocenters. The van der Waals surface area contributed by atoms with Crippen molar-refractivity contribution in [1.82, 2.24) is 10.2 Å². The van der Waals surface area contributed by atoms with Crippen LogP contribution in [0.3, 0.4) is 0 Å². The minimum Gasteiger partial charge on any atom is -0.356 e. The standard InChI is InChI=1S/C13H19FN2O/c1-16(2)8-4-7-15-13(17)10-11-5-3-6-12(14)9-11/h3,5-6,9H,4,7-8,10H2,1-2H3,(H,15,17). The summed E-state index contributed by atoms with van der Waals surface area (Å²) in [5.74, 6) is -0.364. The molecule has 0 aromatic heterocycles. The van der Waals surface area contributed by atoms with Crippen LogP contribution in [0, 0.1) is 5.82 Å². The lowest BCUT2D eigenvalue weighted by Gasteiger charge is -2.09. The van der Waals surface area contributed by atoms with E-state index in [0.717, 1.165) is 13.0 Å². The van der Waals surface area contributed by atoms with E-state index in [2.05, 4.69) is 10.2 Å². The summed E-state index contributed by atoms with van der Waals surface area (Å²) < 4.78 is 12.9. The molecule has 0 heterocycles. The Kier molecular flexibility index (Phi) is 5.63. The minimum atomic E-state index is -0.303. The molecule has 1 rings (SSSR count). The fourth-order valence-electron chi connectivity index (χ4n) is 1.52. The van der Waals surface area contributed by atoms with E-state index in [1.165, 1.54) is 12.1 Å². The van der Waals surface area contributed by atoms with Crippen LogP contribution in [0.4, 0.5) is 4.39 Å². The van der Waals surface area contributed by atoms with Crippen molar-refractivity contribution in [3.05, 3.63) is 35.6 Å². The maximum absolute atomic E-state index is 12.9. The predicted octanol–water partition coefficient (Wildman–Crippen LogP) is 1.44. The van der Waals surface area contributed by atoms with Gasteiger partial charge in [0.2, 0.25) is 5.91 Å². The summed E-state index contributed by atoms with van der Waals surface area (Å²) in [5.41, 5.74) is 0.704. The molecule has 0 aliphatic rings. The first-order valence-electron chi connectivity index (χ1n) is 5.74. The molecule has 0 unspecified atom stereocenters. The summed E-state index contributed by atoms with van der Waals surface area (Å²) in [6, 6.07) is 6.13. The lowest BCUT2D eigenvalue weighted by atomic mass is 10.1.